The summed E-state index contributed by atoms with van der Waals surface area (Å²) >= 11 is 0. The molecule has 0 atom stereocenters. The van der Waals surface area contributed by atoms with Crippen molar-refractivity contribution < 1.29 is 0 Å². The molecule has 7 aromatic carbocycles. The Balaban J connectivity index is 1.50. The molecule has 2 N–H and O–H groups in total. The van der Waals surface area contributed by atoms with E-state index in [1.54, 1.807) is 0 Å². The lowest BCUT2D eigenvalue weighted by molar-refractivity contribution is 0.589. The van der Waals surface area contributed by atoms with E-state index in [2.05, 4.69) is 197 Å². The molecule has 0 aliphatic carbocycles. The molecule has 0 fully saturated rings. The van der Waals surface area contributed by atoms with Gasteiger partial charge in [0.05, 0.1) is 0 Å². The highest BCUT2D eigenvalue weighted by molar-refractivity contribution is 5.86. The van der Waals surface area contributed by atoms with Crippen LogP contribution in [0.25, 0.3) is 44.5 Å². The molecule has 0 radical (unpaired) electrons. The Kier molecular flexibility index (Phi) is 10.9. The van der Waals surface area contributed by atoms with Gasteiger partial charge < -0.3 is 5.73 Å². The third-order valence-electron chi connectivity index (χ3n) is 12.3. The summed E-state index contributed by atoms with van der Waals surface area (Å²) in [6.07, 6.45) is 1.44. The van der Waals surface area contributed by atoms with Gasteiger partial charge in [0.25, 0.3) is 0 Å². The minimum Gasteiger partial charge on any atom is -0.398 e. The van der Waals surface area contributed by atoms with Gasteiger partial charge in [0.15, 0.2) is 0 Å². The molecule has 57 heavy (non-hydrogen) atoms. The SMILES string of the molecule is Cc1cccc(C)c1-c1cccc(-c2c(C)cccc2C)c1Cc1cc(C(C)(C)C)cc(Cc2c(-c3c(C)cccc3C)cccc2-c2c(C)cccc2C)c1N. The molecule has 0 aliphatic heterocycles. The van der Waals surface area contributed by atoms with Crippen molar-refractivity contribution in [3.63, 3.8) is 0 Å². The molecule has 7 aromatic rings. The minimum atomic E-state index is -0.0830. The molecule has 0 amide bonds. The van der Waals surface area contributed by atoms with Crippen LogP contribution in [0.5, 0.6) is 0 Å². The van der Waals surface area contributed by atoms with E-state index >= 15 is 0 Å². The zero-order valence-electron chi connectivity index (χ0n) is 36.0. The molecular formula is C56H59N. The van der Waals surface area contributed by atoms with Gasteiger partial charge in [0.1, 0.15) is 0 Å². The molecule has 288 valence electrons. The number of nitrogens with two attached hydrogens (primary N) is 1. The van der Waals surface area contributed by atoms with Crippen LogP contribution in [0.2, 0.25) is 0 Å². The van der Waals surface area contributed by atoms with Crippen molar-refractivity contribution in [3.05, 3.63) is 194 Å². The van der Waals surface area contributed by atoms with Crippen molar-refractivity contribution in [1.29, 1.82) is 0 Å². The quantitative estimate of drug-likeness (QED) is 0.154. The van der Waals surface area contributed by atoms with Crippen molar-refractivity contribution in [1.82, 2.24) is 0 Å². The van der Waals surface area contributed by atoms with Crippen LogP contribution < -0.4 is 5.73 Å². The normalized spacial score (nSPS) is 11.6. The van der Waals surface area contributed by atoms with Crippen molar-refractivity contribution in [3.8, 4) is 44.5 Å². The Hall–Kier alpha value is -5.66. The van der Waals surface area contributed by atoms with Gasteiger partial charge in [-0.2, -0.15) is 0 Å². The fourth-order valence-corrected chi connectivity index (χ4v) is 9.33. The van der Waals surface area contributed by atoms with E-state index in [1.807, 2.05) is 0 Å². The average molecular weight is 746 g/mol. The fourth-order valence-electron chi connectivity index (χ4n) is 9.33. The standard InChI is InChI=1S/C56H59N/c1-34-18-12-19-35(2)51(34)45-26-16-27-46(52-36(3)20-13-21-37(52)4)49(45)32-42-30-44(56(9,10)11)31-43(55(42)57)33-50-47(53-38(5)22-14-23-39(53)6)28-17-29-48(50)54-40(7)24-15-25-41(54)8/h12-31H,32-33,57H2,1-11H3. The topological polar surface area (TPSA) is 26.0 Å². The number of hydrogen-bond acceptors (Lipinski definition) is 1. The van der Waals surface area contributed by atoms with Gasteiger partial charge in [0.2, 0.25) is 0 Å². The molecule has 1 nitrogen and oxygen atoms in total. The molecule has 7 rings (SSSR count). The maximum Gasteiger partial charge on any atom is 0.0386 e. The second-order valence-corrected chi connectivity index (χ2v) is 17.5. The molecule has 0 unspecified atom stereocenters. The molecule has 0 saturated heterocycles. The Labute approximate surface area is 342 Å². The first-order chi connectivity index (χ1) is 27.1. The summed E-state index contributed by atoms with van der Waals surface area (Å²) < 4.78 is 0. The largest absolute Gasteiger partial charge is 0.398 e. The summed E-state index contributed by atoms with van der Waals surface area (Å²) in [6.45, 7) is 24.9. The van der Waals surface area contributed by atoms with E-state index in [0.717, 1.165) is 18.5 Å². The monoisotopic (exact) mass is 745 g/mol. The van der Waals surface area contributed by atoms with Crippen molar-refractivity contribution in [2.24, 2.45) is 0 Å². The first-order valence-electron chi connectivity index (χ1n) is 20.6. The summed E-state index contributed by atoms with van der Waals surface area (Å²) in [4.78, 5) is 0. The molecule has 0 bridgehead atoms. The lowest BCUT2D eigenvalue weighted by Gasteiger charge is -2.26. The van der Waals surface area contributed by atoms with Crippen LogP contribution in [0.1, 0.15) is 93.1 Å². The zero-order valence-corrected chi connectivity index (χ0v) is 36.0. The van der Waals surface area contributed by atoms with Crippen LogP contribution in [0.15, 0.2) is 121 Å². The summed E-state index contributed by atoms with van der Waals surface area (Å²) in [5, 5.41) is 0. The van der Waals surface area contributed by atoms with Crippen LogP contribution in [-0.2, 0) is 18.3 Å². The van der Waals surface area contributed by atoms with Crippen molar-refractivity contribution in [2.75, 3.05) is 5.73 Å². The molecule has 0 heterocycles. The second-order valence-electron chi connectivity index (χ2n) is 17.5. The predicted octanol–water partition coefficient (Wildman–Crippen LogP) is 14.9. The second kappa shape index (κ2) is 15.7. The maximum absolute atomic E-state index is 7.59. The third kappa shape index (κ3) is 7.61. The Morgan fingerprint density at radius 1 is 0.368 bits per heavy atom. The van der Waals surface area contributed by atoms with Crippen LogP contribution in [0, 0.1) is 55.4 Å². The molecular weight excluding hydrogens is 687 g/mol. The third-order valence-corrected chi connectivity index (χ3v) is 12.3. The number of anilines is 1. The van der Waals surface area contributed by atoms with Crippen LogP contribution in [0.3, 0.4) is 0 Å². The van der Waals surface area contributed by atoms with Gasteiger partial charge >= 0.3 is 0 Å². The Morgan fingerprint density at radius 2 is 0.596 bits per heavy atom. The van der Waals surface area contributed by atoms with Gasteiger partial charge in [-0.15, -0.1) is 0 Å². The maximum atomic E-state index is 7.59. The summed E-state index contributed by atoms with van der Waals surface area (Å²) in [6, 6.07) is 45.2. The first-order valence-corrected chi connectivity index (χ1v) is 20.6. The van der Waals surface area contributed by atoms with Gasteiger partial charge in [0, 0.05) is 18.5 Å². The van der Waals surface area contributed by atoms with Crippen molar-refractivity contribution in [2.45, 2.75) is 94.4 Å². The molecule has 0 spiro atoms. The highest BCUT2D eigenvalue weighted by Crippen LogP contribution is 2.43. The zero-order chi connectivity index (χ0) is 40.8. The van der Waals surface area contributed by atoms with Gasteiger partial charge in [-0.25, -0.2) is 0 Å². The van der Waals surface area contributed by atoms with E-state index in [0.29, 0.717) is 0 Å². The first kappa shape index (κ1) is 39.6. The lowest BCUT2D eigenvalue weighted by atomic mass is 9.79. The molecule has 0 aromatic heterocycles. The fraction of sp³-hybridized carbons (Fsp3) is 0.250. The number of benzene rings is 7. The molecule has 1 heteroatoms. The molecule has 0 saturated carbocycles. The van der Waals surface area contributed by atoms with Gasteiger partial charge in [-0.1, -0.05) is 142 Å². The van der Waals surface area contributed by atoms with E-state index in [4.69, 9.17) is 5.73 Å². The average Bonchev–Trinajstić information content (AvgIpc) is 3.14. The number of rotatable bonds is 8. The lowest BCUT2D eigenvalue weighted by Crippen LogP contribution is -2.15. The summed E-state index contributed by atoms with van der Waals surface area (Å²) in [5.41, 5.74) is 35.4. The molecule has 0 aliphatic rings. The smallest absolute Gasteiger partial charge is 0.0386 e. The van der Waals surface area contributed by atoms with E-state index in [9.17, 15) is 0 Å². The van der Waals surface area contributed by atoms with E-state index in [-0.39, 0.29) is 5.41 Å². The highest BCUT2D eigenvalue weighted by atomic mass is 14.6. The summed E-state index contributed by atoms with van der Waals surface area (Å²) in [5.74, 6) is 0. The predicted molar refractivity (Wildman–Crippen MR) is 248 cm³/mol. The number of aryl methyl sites for hydroxylation is 8. The van der Waals surface area contributed by atoms with Gasteiger partial charge in [-0.05, 0) is 178 Å². The van der Waals surface area contributed by atoms with Crippen LogP contribution >= 0.6 is 0 Å². The highest BCUT2D eigenvalue weighted by Gasteiger charge is 2.24. The van der Waals surface area contributed by atoms with Crippen molar-refractivity contribution >= 4 is 5.69 Å². The van der Waals surface area contributed by atoms with Crippen LogP contribution in [-0.4, -0.2) is 0 Å². The Bertz CT molecular complexity index is 2250. The van der Waals surface area contributed by atoms with Crippen LogP contribution in [0.4, 0.5) is 5.69 Å². The minimum absolute atomic E-state index is 0.0830. The van der Waals surface area contributed by atoms with E-state index in [1.165, 1.54) is 117 Å². The number of hydrogen-bond donors (Lipinski definition) is 1. The van der Waals surface area contributed by atoms with Gasteiger partial charge in [-0.3, -0.25) is 0 Å². The summed E-state index contributed by atoms with van der Waals surface area (Å²) in [7, 11) is 0. The Morgan fingerprint density at radius 3 is 0.825 bits per heavy atom. The number of nitrogen functional groups attached to an aromatic ring is 1. The van der Waals surface area contributed by atoms with E-state index < -0.39 is 0 Å².